The van der Waals surface area contributed by atoms with Crippen LogP contribution in [0.2, 0.25) is 0 Å². The van der Waals surface area contributed by atoms with Crippen LogP contribution in [0, 0.1) is 0 Å². The highest BCUT2D eigenvalue weighted by Crippen LogP contribution is 2.12. The average molecular weight is 180 g/mol. The van der Waals surface area contributed by atoms with Crippen LogP contribution < -0.4 is 5.73 Å². The van der Waals surface area contributed by atoms with Crippen molar-refractivity contribution in [3.8, 4) is 0 Å². The van der Waals surface area contributed by atoms with E-state index in [-0.39, 0.29) is 5.70 Å². The Morgan fingerprint density at radius 3 is 2.77 bits per heavy atom. The molecule has 0 aromatic heterocycles. The number of methoxy groups -OCH3 is 1. The fourth-order valence-electron chi connectivity index (χ4n) is 1.02. The monoisotopic (exact) mass is 180 g/mol. The standard InChI is InChI=1S/C9H12N2O2/c1-11-6-4-3-5-7(11)8(10)9(12)13-2/h3-6H,10H2,1-2H3/b8-7-. The van der Waals surface area contributed by atoms with Crippen LogP contribution in [0.5, 0.6) is 0 Å². The number of rotatable bonds is 1. The molecule has 70 valence electrons. The summed E-state index contributed by atoms with van der Waals surface area (Å²) >= 11 is 0. The summed E-state index contributed by atoms with van der Waals surface area (Å²) in [6, 6.07) is 0. The van der Waals surface area contributed by atoms with Gasteiger partial charge in [-0.25, -0.2) is 4.79 Å². The molecule has 0 aliphatic carbocycles. The number of esters is 1. The molecule has 1 aliphatic rings. The fourth-order valence-corrected chi connectivity index (χ4v) is 1.02. The quantitative estimate of drug-likeness (QED) is 0.467. The molecule has 0 aromatic rings. The van der Waals surface area contributed by atoms with E-state index in [1.807, 2.05) is 25.4 Å². The summed E-state index contributed by atoms with van der Waals surface area (Å²) in [5, 5.41) is 0. The van der Waals surface area contributed by atoms with Gasteiger partial charge in [-0.3, -0.25) is 0 Å². The lowest BCUT2D eigenvalue weighted by Gasteiger charge is -2.19. The highest BCUT2D eigenvalue weighted by Gasteiger charge is 2.13. The average Bonchev–Trinajstić information content (AvgIpc) is 2.16. The van der Waals surface area contributed by atoms with Crippen molar-refractivity contribution in [3.05, 3.63) is 35.8 Å². The predicted molar refractivity (Wildman–Crippen MR) is 49.3 cm³/mol. The van der Waals surface area contributed by atoms with Gasteiger partial charge in [0, 0.05) is 13.2 Å². The first-order valence-corrected chi connectivity index (χ1v) is 3.82. The molecule has 0 aromatic carbocycles. The molecule has 13 heavy (non-hydrogen) atoms. The summed E-state index contributed by atoms with van der Waals surface area (Å²) in [5.41, 5.74) is 6.34. The minimum absolute atomic E-state index is 0.116. The third kappa shape index (κ3) is 1.90. The Kier molecular flexibility index (Phi) is 2.74. The lowest BCUT2D eigenvalue weighted by atomic mass is 10.2. The molecular formula is C9H12N2O2. The molecule has 4 nitrogen and oxygen atoms in total. The van der Waals surface area contributed by atoms with Crippen LogP contribution in [-0.2, 0) is 9.53 Å². The molecular weight excluding hydrogens is 168 g/mol. The number of carbonyl (C=O) groups is 1. The predicted octanol–water partition coefficient (Wildman–Crippen LogP) is 0.345. The van der Waals surface area contributed by atoms with Crippen LogP contribution in [0.3, 0.4) is 0 Å². The number of likely N-dealkylation sites (N-methyl/N-ethyl adjacent to an activating group) is 1. The van der Waals surface area contributed by atoms with E-state index < -0.39 is 5.97 Å². The van der Waals surface area contributed by atoms with Crippen molar-refractivity contribution in [2.24, 2.45) is 5.73 Å². The third-order valence-electron chi connectivity index (χ3n) is 1.74. The molecule has 1 heterocycles. The maximum Gasteiger partial charge on any atom is 0.356 e. The van der Waals surface area contributed by atoms with Crippen LogP contribution >= 0.6 is 0 Å². The van der Waals surface area contributed by atoms with E-state index >= 15 is 0 Å². The Labute approximate surface area is 77.0 Å². The van der Waals surface area contributed by atoms with Crippen molar-refractivity contribution >= 4 is 5.97 Å². The molecule has 0 radical (unpaired) electrons. The normalized spacial score (nSPS) is 18.8. The maximum atomic E-state index is 11.1. The van der Waals surface area contributed by atoms with Gasteiger partial charge in [-0.15, -0.1) is 0 Å². The summed E-state index contributed by atoms with van der Waals surface area (Å²) < 4.78 is 4.51. The molecule has 4 heteroatoms. The van der Waals surface area contributed by atoms with Gasteiger partial charge < -0.3 is 15.4 Å². The SMILES string of the molecule is COC(=O)/C(N)=C1\C=CC=CN1C. The zero-order valence-corrected chi connectivity index (χ0v) is 7.65. The molecule has 0 amide bonds. The summed E-state index contributed by atoms with van der Waals surface area (Å²) in [4.78, 5) is 12.8. The van der Waals surface area contributed by atoms with Gasteiger partial charge in [-0.05, 0) is 12.2 Å². The van der Waals surface area contributed by atoms with Crippen LogP contribution in [0.25, 0.3) is 0 Å². The van der Waals surface area contributed by atoms with Gasteiger partial charge in [0.25, 0.3) is 0 Å². The van der Waals surface area contributed by atoms with Gasteiger partial charge in [0.2, 0.25) is 0 Å². The van der Waals surface area contributed by atoms with Crippen molar-refractivity contribution in [3.63, 3.8) is 0 Å². The molecule has 0 saturated carbocycles. The van der Waals surface area contributed by atoms with Crippen LogP contribution in [0.1, 0.15) is 0 Å². The molecule has 2 N–H and O–H groups in total. The Morgan fingerprint density at radius 1 is 1.54 bits per heavy atom. The Morgan fingerprint density at radius 2 is 2.23 bits per heavy atom. The second-order valence-electron chi connectivity index (χ2n) is 2.60. The number of nitrogens with two attached hydrogens (primary N) is 1. The second-order valence-corrected chi connectivity index (χ2v) is 2.60. The van der Waals surface area contributed by atoms with Crippen molar-refractivity contribution in [2.45, 2.75) is 0 Å². The second kappa shape index (κ2) is 3.80. The van der Waals surface area contributed by atoms with E-state index in [0.717, 1.165) is 0 Å². The molecule has 0 atom stereocenters. The largest absolute Gasteiger partial charge is 0.464 e. The topological polar surface area (TPSA) is 55.6 Å². The Balaban J connectivity index is 2.97. The third-order valence-corrected chi connectivity index (χ3v) is 1.74. The van der Waals surface area contributed by atoms with E-state index in [0.29, 0.717) is 5.70 Å². The van der Waals surface area contributed by atoms with Gasteiger partial charge in [0.1, 0.15) is 5.70 Å². The van der Waals surface area contributed by atoms with E-state index in [4.69, 9.17) is 5.73 Å². The molecule has 0 unspecified atom stereocenters. The van der Waals surface area contributed by atoms with Crippen molar-refractivity contribution < 1.29 is 9.53 Å². The van der Waals surface area contributed by atoms with E-state index in [9.17, 15) is 4.79 Å². The zero-order valence-electron chi connectivity index (χ0n) is 7.65. The van der Waals surface area contributed by atoms with Crippen molar-refractivity contribution in [1.82, 2.24) is 4.90 Å². The first-order chi connectivity index (χ1) is 6.16. The number of carbonyl (C=O) groups excluding carboxylic acids is 1. The zero-order chi connectivity index (χ0) is 9.84. The Bertz CT molecular complexity index is 303. The number of allylic oxidation sites excluding steroid dienone is 3. The van der Waals surface area contributed by atoms with Crippen molar-refractivity contribution in [1.29, 1.82) is 0 Å². The van der Waals surface area contributed by atoms with Gasteiger partial charge in [0.15, 0.2) is 0 Å². The lowest BCUT2D eigenvalue weighted by Crippen LogP contribution is -2.22. The summed E-state index contributed by atoms with van der Waals surface area (Å²) in [7, 11) is 3.11. The number of nitrogens with zero attached hydrogens (tertiary/aromatic N) is 1. The molecule has 0 bridgehead atoms. The van der Waals surface area contributed by atoms with Gasteiger partial charge in [-0.1, -0.05) is 6.08 Å². The highest BCUT2D eigenvalue weighted by molar-refractivity contribution is 5.88. The molecule has 0 spiro atoms. The molecule has 1 aliphatic heterocycles. The van der Waals surface area contributed by atoms with Crippen molar-refractivity contribution in [2.75, 3.05) is 14.2 Å². The van der Waals surface area contributed by atoms with Crippen LogP contribution in [0.4, 0.5) is 0 Å². The summed E-state index contributed by atoms with van der Waals surface area (Å²) in [6.45, 7) is 0. The minimum atomic E-state index is -0.512. The molecule has 1 rings (SSSR count). The Hall–Kier alpha value is -1.71. The first-order valence-electron chi connectivity index (χ1n) is 3.82. The first kappa shape index (κ1) is 9.38. The summed E-state index contributed by atoms with van der Waals surface area (Å²) in [6.07, 6.45) is 7.23. The highest BCUT2D eigenvalue weighted by atomic mass is 16.5. The van der Waals surface area contributed by atoms with E-state index in [1.54, 1.807) is 11.0 Å². The van der Waals surface area contributed by atoms with Gasteiger partial charge in [0.05, 0.1) is 12.8 Å². The lowest BCUT2D eigenvalue weighted by molar-refractivity contribution is -0.136. The van der Waals surface area contributed by atoms with Gasteiger partial charge >= 0.3 is 5.97 Å². The van der Waals surface area contributed by atoms with Crippen LogP contribution in [0.15, 0.2) is 35.8 Å². The molecule has 0 saturated heterocycles. The smallest absolute Gasteiger partial charge is 0.356 e. The van der Waals surface area contributed by atoms with Crippen LogP contribution in [-0.4, -0.2) is 25.0 Å². The minimum Gasteiger partial charge on any atom is -0.464 e. The number of hydrogen-bond acceptors (Lipinski definition) is 4. The molecule has 0 fully saturated rings. The van der Waals surface area contributed by atoms with E-state index in [2.05, 4.69) is 4.74 Å². The maximum absolute atomic E-state index is 11.1. The fraction of sp³-hybridized carbons (Fsp3) is 0.222. The van der Waals surface area contributed by atoms with E-state index in [1.165, 1.54) is 7.11 Å². The number of hydrogen-bond donors (Lipinski definition) is 1. The summed E-state index contributed by atoms with van der Waals surface area (Å²) in [5.74, 6) is -0.512. The van der Waals surface area contributed by atoms with Gasteiger partial charge in [-0.2, -0.15) is 0 Å². The number of ether oxygens (including phenoxy) is 1.